The fourth-order valence-corrected chi connectivity index (χ4v) is 1.77. The molecular weight excluding hydrogens is 282 g/mol. The smallest absolute Gasteiger partial charge is 0.337 e. The summed E-state index contributed by atoms with van der Waals surface area (Å²) >= 11 is 0. The molecule has 0 spiro atoms. The minimum absolute atomic E-state index is 0.363. The molecular formula is C15H19N5O2. The third-order valence-electron chi connectivity index (χ3n) is 2.95. The van der Waals surface area contributed by atoms with Gasteiger partial charge in [-0.15, -0.1) is 5.10 Å². The number of methoxy groups -OCH3 is 1. The fraction of sp³-hybridized carbons (Fsp3) is 0.333. The quantitative estimate of drug-likeness (QED) is 0.600. The zero-order chi connectivity index (χ0) is 15.8. The molecule has 1 heterocycles. The molecule has 2 N–H and O–H groups in total. The van der Waals surface area contributed by atoms with Crippen LogP contribution in [0.3, 0.4) is 0 Å². The second-order valence-corrected chi connectivity index (χ2v) is 4.64. The lowest BCUT2D eigenvalue weighted by Gasteiger charge is -2.08. The molecule has 0 aliphatic carbocycles. The number of aromatic nitrogens is 3. The van der Waals surface area contributed by atoms with Gasteiger partial charge < -0.3 is 15.4 Å². The molecule has 2 rings (SSSR count). The summed E-state index contributed by atoms with van der Waals surface area (Å²) in [7, 11) is 1.36. The van der Waals surface area contributed by atoms with Crippen LogP contribution in [-0.4, -0.2) is 34.8 Å². The Morgan fingerprint density at radius 2 is 2.05 bits per heavy atom. The van der Waals surface area contributed by atoms with Gasteiger partial charge in [0.05, 0.1) is 18.9 Å². The Morgan fingerprint density at radius 3 is 2.73 bits per heavy atom. The van der Waals surface area contributed by atoms with Crippen molar-refractivity contribution in [2.24, 2.45) is 0 Å². The van der Waals surface area contributed by atoms with Crippen molar-refractivity contribution in [3.8, 4) is 0 Å². The number of carbonyl (C=O) groups excluding carboxylic acids is 1. The molecule has 0 fully saturated rings. The zero-order valence-corrected chi connectivity index (χ0v) is 12.7. The van der Waals surface area contributed by atoms with Crippen molar-refractivity contribution in [2.75, 3.05) is 24.3 Å². The van der Waals surface area contributed by atoms with Crippen molar-refractivity contribution in [1.82, 2.24) is 15.2 Å². The highest BCUT2D eigenvalue weighted by Gasteiger charge is 2.05. The van der Waals surface area contributed by atoms with Crippen LogP contribution >= 0.6 is 0 Å². The maximum Gasteiger partial charge on any atom is 0.337 e. The summed E-state index contributed by atoms with van der Waals surface area (Å²) in [4.78, 5) is 15.7. The van der Waals surface area contributed by atoms with Crippen LogP contribution in [0, 0.1) is 0 Å². The number of hydrogen-bond acceptors (Lipinski definition) is 7. The van der Waals surface area contributed by atoms with Gasteiger partial charge in [0.15, 0.2) is 5.82 Å². The minimum atomic E-state index is -0.363. The van der Waals surface area contributed by atoms with Gasteiger partial charge in [-0.05, 0) is 30.7 Å². The first-order valence-corrected chi connectivity index (χ1v) is 7.12. The minimum Gasteiger partial charge on any atom is -0.465 e. The van der Waals surface area contributed by atoms with E-state index >= 15 is 0 Å². The van der Waals surface area contributed by atoms with E-state index in [1.165, 1.54) is 7.11 Å². The normalized spacial score (nSPS) is 10.1. The molecule has 0 radical (unpaired) electrons. The van der Waals surface area contributed by atoms with Crippen LogP contribution in [0.5, 0.6) is 0 Å². The first-order chi connectivity index (χ1) is 10.7. The van der Waals surface area contributed by atoms with Crippen LogP contribution in [0.1, 0.15) is 30.1 Å². The molecule has 7 nitrogen and oxygen atoms in total. The highest BCUT2D eigenvalue weighted by molar-refractivity contribution is 5.89. The number of carbonyl (C=O) groups is 1. The van der Waals surface area contributed by atoms with Gasteiger partial charge in [0.25, 0.3) is 0 Å². The van der Waals surface area contributed by atoms with Gasteiger partial charge in [0.2, 0.25) is 5.95 Å². The fourth-order valence-electron chi connectivity index (χ4n) is 1.77. The van der Waals surface area contributed by atoms with E-state index < -0.39 is 0 Å². The Hall–Kier alpha value is -2.70. The number of rotatable bonds is 7. The Bertz CT molecular complexity index is 616. The van der Waals surface area contributed by atoms with E-state index in [2.05, 4.69) is 37.5 Å². The molecule has 0 saturated carbocycles. The second-order valence-electron chi connectivity index (χ2n) is 4.64. The Kier molecular flexibility index (Phi) is 5.65. The van der Waals surface area contributed by atoms with Crippen molar-refractivity contribution < 1.29 is 9.53 Å². The van der Waals surface area contributed by atoms with Crippen LogP contribution in [0.15, 0.2) is 30.5 Å². The van der Waals surface area contributed by atoms with Gasteiger partial charge in [-0.3, -0.25) is 0 Å². The van der Waals surface area contributed by atoms with Crippen LogP contribution in [0.2, 0.25) is 0 Å². The van der Waals surface area contributed by atoms with Crippen molar-refractivity contribution in [1.29, 1.82) is 0 Å². The highest BCUT2D eigenvalue weighted by atomic mass is 16.5. The number of unbranched alkanes of at least 4 members (excludes halogenated alkanes) is 1. The van der Waals surface area contributed by atoms with Gasteiger partial charge in [0, 0.05) is 12.2 Å². The van der Waals surface area contributed by atoms with Crippen molar-refractivity contribution in [3.05, 3.63) is 36.0 Å². The topological polar surface area (TPSA) is 89.0 Å². The SMILES string of the molecule is CCCCNc1nncc(Nc2ccc(C(=O)OC)cc2)n1. The summed E-state index contributed by atoms with van der Waals surface area (Å²) in [6, 6.07) is 6.92. The van der Waals surface area contributed by atoms with Gasteiger partial charge >= 0.3 is 5.97 Å². The standard InChI is InChI=1S/C15H19N5O2/c1-3-4-9-16-15-19-13(10-17-20-15)18-12-7-5-11(6-8-12)14(21)22-2/h5-8,10H,3-4,9H2,1-2H3,(H2,16,18,19,20). The van der Waals surface area contributed by atoms with E-state index in [9.17, 15) is 4.79 Å². The first kappa shape index (κ1) is 15.7. The lowest BCUT2D eigenvalue weighted by Crippen LogP contribution is -2.07. The molecule has 22 heavy (non-hydrogen) atoms. The molecule has 2 aromatic rings. The molecule has 0 atom stereocenters. The predicted molar refractivity (Wildman–Crippen MR) is 84.3 cm³/mol. The number of hydrogen-bond donors (Lipinski definition) is 2. The zero-order valence-electron chi connectivity index (χ0n) is 12.7. The summed E-state index contributed by atoms with van der Waals surface area (Å²) in [6.07, 6.45) is 3.69. The third-order valence-corrected chi connectivity index (χ3v) is 2.95. The summed E-state index contributed by atoms with van der Waals surface area (Å²) in [5.74, 6) is 0.710. The molecule has 0 aliphatic heterocycles. The van der Waals surface area contributed by atoms with Crippen LogP contribution in [0.25, 0.3) is 0 Å². The number of benzene rings is 1. The summed E-state index contributed by atoms with van der Waals surface area (Å²) in [5, 5.41) is 14.1. The Morgan fingerprint density at radius 1 is 1.27 bits per heavy atom. The van der Waals surface area contributed by atoms with Crippen molar-refractivity contribution >= 4 is 23.4 Å². The molecule has 1 aromatic carbocycles. The van der Waals surface area contributed by atoms with Gasteiger partial charge in [-0.25, -0.2) is 4.79 Å². The molecule has 0 amide bonds. The third kappa shape index (κ3) is 4.41. The second kappa shape index (κ2) is 7.92. The summed E-state index contributed by atoms with van der Waals surface area (Å²) in [6.45, 7) is 2.94. The molecule has 0 saturated heterocycles. The van der Waals surface area contributed by atoms with Crippen molar-refractivity contribution in [3.63, 3.8) is 0 Å². The van der Waals surface area contributed by atoms with Gasteiger partial charge in [0.1, 0.15) is 0 Å². The molecule has 0 unspecified atom stereocenters. The summed E-state index contributed by atoms with van der Waals surface area (Å²) < 4.78 is 4.66. The highest BCUT2D eigenvalue weighted by Crippen LogP contribution is 2.15. The average Bonchev–Trinajstić information content (AvgIpc) is 2.55. The Labute approximate surface area is 129 Å². The maximum absolute atomic E-state index is 11.4. The Balaban J connectivity index is 2.01. The van der Waals surface area contributed by atoms with Crippen LogP contribution in [0.4, 0.5) is 17.5 Å². The average molecular weight is 301 g/mol. The van der Waals surface area contributed by atoms with Crippen LogP contribution in [-0.2, 0) is 4.74 Å². The molecule has 0 bridgehead atoms. The monoisotopic (exact) mass is 301 g/mol. The van der Waals surface area contributed by atoms with Gasteiger partial charge in [-0.2, -0.15) is 10.1 Å². The molecule has 1 aromatic heterocycles. The maximum atomic E-state index is 11.4. The number of esters is 1. The van der Waals surface area contributed by atoms with E-state index in [1.54, 1.807) is 30.5 Å². The number of anilines is 3. The van der Waals surface area contributed by atoms with Crippen LogP contribution < -0.4 is 10.6 Å². The van der Waals surface area contributed by atoms with E-state index in [0.29, 0.717) is 17.3 Å². The molecule has 116 valence electrons. The number of nitrogens with one attached hydrogen (secondary N) is 2. The lowest BCUT2D eigenvalue weighted by molar-refractivity contribution is 0.0601. The molecule has 7 heteroatoms. The lowest BCUT2D eigenvalue weighted by atomic mass is 10.2. The van der Waals surface area contributed by atoms with Crippen molar-refractivity contribution in [2.45, 2.75) is 19.8 Å². The first-order valence-electron chi connectivity index (χ1n) is 7.12. The number of nitrogens with zero attached hydrogens (tertiary/aromatic N) is 3. The largest absolute Gasteiger partial charge is 0.465 e. The van der Waals surface area contributed by atoms with E-state index in [1.807, 2.05) is 0 Å². The molecule has 0 aliphatic rings. The summed E-state index contributed by atoms with van der Waals surface area (Å²) in [5.41, 5.74) is 1.29. The van der Waals surface area contributed by atoms with E-state index in [4.69, 9.17) is 0 Å². The predicted octanol–water partition coefficient (Wildman–Crippen LogP) is 2.61. The van der Waals surface area contributed by atoms with E-state index in [-0.39, 0.29) is 5.97 Å². The van der Waals surface area contributed by atoms with Gasteiger partial charge in [-0.1, -0.05) is 13.3 Å². The number of ether oxygens (including phenoxy) is 1. The van der Waals surface area contributed by atoms with E-state index in [0.717, 1.165) is 25.1 Å².